The lowest BCUT2D eigenvalue weighted by molar-refractivity contribution is -0.137. The molecule has 2 heterocycles. The average Bonchev–Trinajstić information content (AvgIpc) is 2.67. The first kappa shape index (κ1) is 17.7. The summed E-state index contributed by atoms with van der Waals surface area (Å²) >= 11 is 0. The largest absolute Gasteiger partial charge is 0.416 e. The van der Waals surface area contributed by atoms with E-state index in [0.717, 1.165) is 12.1 Å². The number of amides is 1. The highest BCUT2D eigenvalue weighted by Crippen LogP contribution is 2.30. The van der Waals surface area contributed by atoms with Crippen LogP contribution in [0.5, 0.6) is 0 Å². The standard InChI is InChI=1S/C20H12F3N3O2/c21-20(22,23)12-2-4-13(5-3-12)26-17-6-1-11(18(24)27)9-15(17)16-10-25-8-7-14(16)19(26)28/h1-10H,(H2,24,27). The van der Waals surface area contributed by atoms with Crippen molar-refractivity contribution in [3.8, 4) is 5.69 Å². The van der Waals surface area contributed by atoms with E-state index in [0.29, 0.717) is 21.7 Å². The van der Waals surface area contributed by atoms with Crippen molar-refractivity contribution in [2.75, 3.05) is 0 Å². The summed E-state index contributed by atoms with van der Waals surface area (Å²) < 4.78 is 39.9. The summed E-state index contributed by atoms with van der Waals surface area (Å²) in [4.78, 5) is 28.7. The fourth-order valence-corrected chi connectivity index (χ4v) is 3.18. The number of hydrogen-bond acceptors (Lipinski definition) is 3. The molecule has 2 aromatic heterocycles. The second kappa shape index (κ2) is 6.19. The van der Waals surface area contributed by atoms with Gasteiger partial charge in [-0.3, -0.25) is 19.1 Å². The Labute approximate surface area is 155 Å². The van der Waals surface area contributed by atoms with Crippen LogP contribution < -0.4 is 11.3 Å². The zero-order chi connectivity index (χ0) is 20.1. The lowest BCUT2D eigenvalue weighted by Gasteiger charge is -2.14. The van der Waals surface area contributed by atoms with E-state index in [1.54, 1.807) is 12.1 Å². The summed E-state index contributed by atoms with van der Waals surface area (Å²) in [6.07, 6.45) is -1.53. The Balaban J connectivity index is 2.08. The Morgan fingerprint density at radius 1 is 0.964 bits per heavy atom. The molecular weight excluding hydrogens is 371 g/mol. The first-order valence-corrected chi connectivity index (χ1v) is 8.17. The van der Waals surface area contributed by atoms with Gasteiger partial charge in [-0.2, -0.15) is 13.2 Å². The number of hydrogen-bond donors (Lipinski definition) is 1. The minimum Gasteiger partial charge on any atom is -0.366 e. The lowest BCUT2D eigenvalue weighted by atomic mass is 10.0. The van der Waals surface area contributed by atoms with Crippen LogP contribution in [-0.2, 0) is 6.18 Å². The molecule has 0 fully saturated rings. The topological polar surface area (TPSA) is 78.0 Å². The van der Waals surface area contributed by atoms with Crippen molar-refractivity contribution in [2.24, 2.45) is 5.73 Å². The highest BCUT2D eigenvalue weighted by atomic mass is 19.4. The molecule has 2 aromatic carbocycles. The van der Waals surface area contributed by atoms with Crippen LogP contribution >= 0.6 is 0 Å². The zero-order valence-corrected chi connectivity index (χ0v) is 14.2. The monoisotopic (exact) mass is 383 g/mol. The van der Waals surface area contributed by atoms with Crippen LogP contribution in [0.25, 0.3) is 27.4 Å². The SMILES string of the molecule is NC(=O)c1ccc2c(c1)c1cnccc1c(=O)n2-c1ccc(C(F)(F)F)cc1. The number of alkyl halides is 3. The number of pyridine rings is 2. The number of benzene rings is 2. The van der Waals surface area contributed by atoms with Gasteiger partial charge in [0.1, 0.15) is 0 Å². The lowest BCUT2D eigenvalue weighted by Crippen LogP contribution is -2.20. The van der Waals surface area contributed by atoms with Crippen LogP contribution in [0.2, 0.25) is 0 Å². The Kier molecular flexibility index (Phi) is 3.92. The maximum atomic E-state index is 13.1. The fraction of sp³-hybridized carbons (Fsp3) is 0.0500. The molecule has 8 heteroatoms. The molecule has 5 nitrogen and oxygen atoms in total. The number of carbonyl (C=O) groups excluding carboxylic acids is 1. The third-order valence-electron chi connectivity index (χ3n) is 4.52. The summed E-state index contributed by atoms with van der Waals surface area (Å²) in [6, 6.07) is 10.4. The molecule has 4 rings (SSSR count). The van der Waals surface area contributed by atoms with Gasteiger partial charge in [0.05, 0.1) is 16.5 Å². The van der Waals surface area contributed by atoms with Crippen LogP contribution in [0.1, 0.15) is 15.9 Å². The van der Waals surface area contributed by atoms with Gasteiger partial charge in [-0.25, -0.2) is 0 Å². The van der Waals surface area contributed by atoms with Crippen molar-refractivity contribution in [3.63, 3.8) is 0 Å². The molecule has 0 unspecified atom stereocenters. The van der Waals surface area contributed by atoms with Gasteiger partial charge in [0.2, 0.25) is 5.91 Å². The Morgan fingerprint density at radius 2 is 1.68 bits per heavy atom. The molecule has 4 aromatic rings. The summed E-state index contributed by atoms with van der Waals surface area (Å²) in [5.41, 5.74) is 5.08. The van der Waals surface area contributed by atoms with Gasteiger partial charge in [-0.05, 0) is 48.5 Å². The molecule has 0 aliphatic rings. The average molecular weight is 383 g/mol. The van der Waals surface area contributed by atoms with E-state index in [2.05, 4.69) is 4.98 Å². The molecule has 0 spiro atoms. The van der Waals surface area contributed by atoms with E-state index in [-0.39, 0.29) is 11.3 Å². The molecule has 0 aliphatic carbocycles. The summed E-state index contributed by atoms with van der Waals surface area (Å²) in [7, 11) is 0. The van der Waals surface area contributed by atoms with E-state index in [9.17, 15) is 22.8 Å². The Hall–Kier alpha value is -3.68. The van der Waals surface area contributed by atoms with Crippen LogP contribution in [0.3, 0.4) is 0 Å². The first-order chi connectivity index (χ1) is 13.3. The van der Waals surface area contributed by atoms with Gasteiger partial charge in [0.25, 0.3) is 5.56 Å². The van der Waals surface area contributed by atoms with Crippen molar-refractivity contribution in [2.45, 2.75) is 6.18 Å². The Morgan fingerprint density at radius 3 is 2.32 bits per heavy atom. The Bertz CT molecular complexity index is 1290. The number of aromatic nitrogens is 2. The van der Waals surface area contributed by atoms with E-state index in [1.807, 2.05) is 0 Å². The summed E-state index contributed by atoms with van der Waals surface area (Å²) in [5.74, 6) is -0.633. The van der Waals surface area contributed by atoms with Crippen molar-refractivity contribution >= 4 is 27.6 Å². The summed E-state index contributed by atoms with van der Waals surface area (Å²) in [6.45, 7) is 0. The van der Waals surface area contributed by atoms with Gasteiger partial charge in [0.15, 0.2) is 0 Å². The predicted molar refractivity (Wildman–Crippen MR) is 98.4 cm³/mol. The third-order valence-corrected chi connectivity index (χ3v) is 4.52. The maximum Gasteiger partial charge on any atom is 0.416 e. The number of halogens is 3. The number of primary amides is 1. The second-order valence-electron chi connectivity index (χ2n) is 6.20. The third kappa shape index (κ3) is 2.79. The second-order valence-corrected chi connectivity index (χ2v) is 6.20. The van der Waals surface area contributed by atoms with Crippen LogP contribution in [0, 0.1) is 0 Å². The summed E-state index contributed by atoms with van der Waals surface area (Å²) in [5, 5.41) is 1.39. The molecule has 2 N–H and O–H groups in total. The first-order valence-electron chi connectivity index (χ1n) is 8.17. The zero-order valence-electron chi connectivity index (χ0n) is 14.2. The molecule has 140 valence electrons. The van der Waals surface area contributed by atoms with Crippen LogP contribution in [0.15, 0.2) is 65.7 Å². The predicted octanol–water partition coefficient (Wildman–Crippen LogP) is 3.66. The van der Waals surface area contributed by atoms with Crippen LogP contribution in [-0.4, -0.2) is 15.5 Å². The van der Waals surface area contributed by atoms with Gasteiger partial charge in [0, 0.05) is 34.4 Å². The molecular formula is C20H12F3N3O2. The number of carbonyl (C=O) groups is 1. The normalized spacial score (nSPS) is 11.8. The fourth-order valence-electron chi connectivity index (χ4n) is 3.18. The highest BCUT2D eigenvalue weighted by molar-refractivity contribution is 6.08. The minimum atomic E-state index is -4.48. The molecule has 0 saturated heterocycles. The van der Waals surface area contributed by atoms with Gasteiger partial charge < -0.3 is 5.73 Å². The highest BCUT2D eigenvalue weighted by Gasteiger charge is 2.30. The smallest absolute Gasteiger partial charge is 0.366 e. The van der Waals surface area contributed by atoms with Crippen molar-refractivity contribution in [1.29, 1.82) is 0 Å². The minimum absolute atomic E-state index is 0.246. The quantitative estimate of drug-likeness (QED) is 0.537. The number of nitrogens with two attached hydrogens (primary N) is 1. The van der Waals surface area contributed by atoms with Crippen molar-refractivity contribution in [3.05, 3.63) is 82.4 Å². The van der Waals surface area contributed by atoms with Gasteiger partial charge in [-0.1, -0.05) is 0 Å². The molecule has 28 heavy (non-hydrogen) atoms. The molecule has 0 bridgehead atoms. The van der Waals surface area contributed by atoms with Crippen LogP contribution in [0.4, 0.5) is 13.2 Å². The molecule has 0 saturated carbocycles. The van der Waals surface area contributed by atoms with E-state index < -0.39 is 23.2 Å². The molecule has 0 aliphatic heterocycles. The van der Waals surface area contributed by atoms with E-state index in [4.69, 9.17) is 5.73 Å². The van der Waals surface area contributed by atoms with Gasteiger partial charge >= 0.3 is 6.18 Å². The number of fused-ring (bicyclic) bond motifs is 3. The molecule has 0 atom stereocenters. The van der Waals surface area contributed by atoms with Gasteiger partial charge in [-0.15, -0.1) is 0 Å². The molecule has 0 radical (unpaired) electrons. The number of nitrogens with zero attached hydrogens (tertiary/aromatic N) is 2. The number of rotatable bonds is 2. The van der Waals surface area contributed by atoms with E-state index >= 15 is 0 Å². The molecule has 1 amide bonds. The van der Waals surface area contributed by atoms with E-state index in [1.165, 1.54) is 41.2 Å². The maximum absolute atomic E-state index is 13.1. The van der Waals surface area contributed by atoms with Crippen molar-refractivity contribution in [1.82, 2.24) is 9.55 Å². The van der Waals surface area contributed by atoms with Crippen molar-refractivity contribution < 1.29 is 18.0 Å².